The average Bonchev–Trinajstić information content (AvgIpc) is 2.24. The second kappa shape index (κ2) is 5.09. The van der Waals surface area contributed by atoms with E-state index in [1.54, 1.807) is 6.07 Å². The van der Waals surface area contributed by atoms with E-state index in [0.29, 0.717) is 17.0 Å². The van der Waals surface area contributed by atoms with E-state index in [0.717, 1.165) is 18.8 Å². The Morgan fingerprint density at radius 1 is 1.38 bits per heavy atom. The Morgan fingerprint density at radius 2 is 2.19 bits per heavy atom. The monoisotopic (exact) mass is 238 g/mol. The molecule has 0 aliphatic heterocycles. The van der Waals surface area contributed by atoms with E-state index in [1.165, 1.54) is 18.4 Å². The van der Waals surface area contributed by atoms with Crippen molar-refractivity contribution in [3.63, 3.8) is 0 Å². The molecule has 1 fully saturated rings. The molecule has 3 atom stereocenters. The van der Waals surface area contributed by atoms with Gasteiger partial charge < -0.3 is 5.11 Å². The molecule has 1 aliphatic carbocycles. The lowest BCUT2D eigenvalue weighted by atomic mass is 9.79. The van der Waals surface area contributed by atoms with Crippen LogP contribution in [0, 0.1) is 11.8 Å². The summed E-state index contributed by atoms with van der Waals surface area (Å²) in [5, 5.41) is 9.73. The van der Waals surface area contributed by atoms with Crippen molar-refractivity contribution >= 4 is 11.6 Å². The molecule has 0 heterocycles. The topological polar surface area (TPSA) is 20.2 Å². The molecule has 2 heteroatoms. The molecule has 1 aromatic carbocycles. The molecule has 3 unspecified atom stereocenters. The summed E-state index contributed by atoms with van der Waals surface area (Å²) in [7, 11) is 0. The summed E-state index contributed by atoms with van der Waals surface area (Å²) >= 11 is 6.38. The smallest absolute Gasteiger partial charge is 0.115 e. The molecule has 1 aliphatic rings. The molecule has 1 nitrogen and oxygen atoms in total. The highest BCUT2D eigenvalue weighted by Crippen LogP contribution is 2.34. The van der Waals surface area contributed by atoms with Crippen molar-refractivity contribution in [2.45, 2.75) is 38.0 Å². The number of alkyl halides is 1. The van der Waals surface area contributed by atoms with Crippen molar-refractivity contribution in [1.82, 2.24) is 0 Å². The van der Waals surface area contributed by atoms with Gasteiger partial charge in [0.25, 0.3) is 0 Å². The van der Waals surface area contributed by atoms with E-state index in [4.69, 9.17) is 11.6 Å². The highest BCUT2D eigenvalue weighted by molar-refractivity contribution is 6.20. The second-order valence-electron chi connectivity index (χ2n) is 5.07. The molecule has 16 heavy (non-hydrogen) atoms. The molecule has 0 bridgehead atoms. The average molecular weight is 239 g/mol. The number of phenolic OH excluding ortho intramolecular Hbond substituents is 1. The lowest BCUT2D eigenvalue weighted by Gasteiger charge is -2.31. The summed E-state index contributed by atoms with van der Waals surface area (Å²) in [5.74, 6) is 1.71. The minimum Gasteiger partial charge on any atom is -0.508 e. The van der Waals surface area contributed by atoms with Gasteiger partial charge in [-0.1, -0.05) is 19.1 Å². The van der Waals surface area contributed by atoms with Gasteiger partial charge in [-0.3, -0.25) is 0 Å². The lowest BCUT2D eigenvalue weighted by Crippen LogP contribution is -2.25. The number of rotatable bonds is 2. The van der Waals surface area contributed by atoms with Crippen LogP contribution in [0.25, 0.3) is 0 Å². The molecule has 0 spiro atoms. The van der Waals surface area contributed by atoms with Crippen molar-refractivity contribution in [3.8, 4) is 5.75 Å². The van der Waals surface area contributed by atoms with Gasteiger partial charge in [-0.2, -0.15) is 0 Å². The largest absolute Gasteiger partial charge is 0.508 e. The number of hydrogen-bond donors (Lipinski definition) is 1. The first-order valence-corrected chi connectivity index (χ1v) is 6.51. The van der Waals surface area contributed by atoms with E-state index in [2.05, 4.69) is 13.0 Å². The molecule has 2 rings (SSSR count). The molecule has 0 saturated heterocycles. The van der Waals surface area contributed by atoms with Gasteiger partial charge in [0.15, 0.2) is 0 Å². The Balaban J connectivity index is 2.02. The molecule has 0 amide bonds. The molecular weight excluding hydrogens is 220 g/mol. The van der Waals surface area contributed by atoms with E-state index in [9.17, 15) is 5.11 Å². The third-order valence-corrected chi connectivity index (χ3v) is 4.13. The summed E-state index contributed by atoms with van der Waals surface area (Å²) in [6, 6.07) is 7.54. The summed E-state index contributed by atoms with van der Waals surface area (Å²) < 4.78 is 0. The second-order valence-corrected chi connectivity index (χ2v) is 5.63. The minimum absolute atomic E-state index is 0.304. The zero-order valence-corrected chi connectivity index (χ0v) is 10.5. The van der Waals surface area contributed by atoms with Crippen LogP contribution in [0.15, 0.2) is 24.3 Å². The predicted octanol–water partition coefficient (Wildman–Crippen LogP) is 3.98. The van der Waals surface area contributed by atoms with Crippen LogP contribution in [0.4, 0.5) is 0 Å². The predicted molar refractivity (Wildman–Crippen MR) is 68.0 cm³/mol. The molecule has 1 saturated carbocycles. The van der Waals surface area contributed by atoms with Crippen LogP contribution in [0.1, 0.15) is 31.7 Å². The normalized spacial score (nSPS) is 30.2. The maximum atomic E-state index is 9.43. The van der Waals surface area contributed by atoms with Gasteiger partial charge >= 0.3 is 0 Å². The van der Waals surface area contributed by atoms with Crippen LogP contribution in [0.2, 0.25) is 0 Å². The van der Waals surface area contributed by atoms with E-state index in [1.807, 2.05) is 12.1 Å². The van der Waals surface area contributed by atoms with Crippen molar-refractivity contribution in [3.05, 3.63) is 29.8 Å². The van der Waals surface area contributed by atoms with Crippen LogP contribution in [-0.4, -0.2) is 10.5 Å². The fourth-order valence-corrected chi connectivity index (χ4v) is 2.98. The Hall–Kier alpha value is -0.690. The fourth-order valence-electron chi connectivity index (χ4n) is 2.66. The highest BCUT2D eigenvalue weighted by Gasteiger charge is 2.27. The van der Waals surface area contributed by atoms with Gasteiger partial charge in [0.2, 0.25) is 0 Å². The number of halogens is 1. The molecule has 1 aromatic rings. The van der Waals surface area contributed by atoms with Crippen LogP contribution in [0.3, 0.4) is 0 Å². The van der Waals surface area contributed by atoms with E-state index >= 15 is 0 Å². The maximum Gasteiger partial charge on any atom is 0.115 e. The Kier molecular flexibility index (Phi) is 3.75. The molecule has 0 aromatic heterocycles. The van der Waals surface area contributed by atoms with Gasteiger partial charge in [-0.15, -0.1) is 11.6 Å². The zero-order chi connectivity index (χ0) is 11.5. The first-order chi connectivity index (χ1) is 7.65. The van der Waals surface area contributed by atoms with Crippen LogP contribution in [-0.2, 0) is 6.42 Å². The molecular formula is C14H19ClO. The van der Waals surface area contributed by atoms with Gasteiger partial charge in [-0.05, 0) is 55.2 Å². The number of phenols is 1. The first kappa shape index (κ1) is 11.8. The van der Waals surface area contributed by atoms with Gasteiger partial charge in [0.1, 0.15) is 5.75 Å². The summed E-state index contributed by atoms with van der Waals surface area (Å²) in [6.45, 7) is 2.30. The lowest BCUT2D eigenvalue weighted by molar-refractivity contribution is 0.287. The van der Waals surface area contributed by atoms with Crippen molar-refractivity contribution < 1.29 is 5.11 Å². The molecule has 88 valence electrons. The summed E-state index contributed by atoms with van der Waals surface area (Å²) in [4.78, 5) is 0. The maximum absolute atomic E-state index is 9.43. The third kappa shape index (κ3) is 2.91. The van der Waals surface area contributed by atoms with Crippen molar-refractivity contribution in [2.24, 2.45) is 11.8 Å². The number of benzene rings is 1. The Morgan fingerprint density at radius 3 is 2.94 bits per heavy atom. The summed E-state index contributed by atoms with van der Waals surface area (Å²) in [6.07, 6.45) is 4.59. The van der Waals surface area contributed by atoms with Gasteiger partial charge in [-0.25, -0.2) is 0 Å². The van der Waals surface area contributed by atoms with Crippen molar-refractivity contribution in [2.75, 3.05) is 0 Å². The van der Waals surface area contributed by atoms with Gasteiger partial charge in [0, 0.05) is 5.38 Å². The Bertz CT molecular complexity index is 350. The molecule has 1 N–H and O–H groups in total. The van der Waals surface area contributed by atoms with Crippen LogP contribution >= 0.6 is 11.6 Å². The SMILES string of the molecule is CC1CCC(Cl)C(Cc2cccc(O)c2)C1. The van der Waals surface area contributed by atoms with Crippen LogP contribution < -0.4 is 0 Å². The minimum atomic E-state index is 0.304. The number of hydrogen-bond acceptors (Lipinski definition) is 1. The van der Waals surface area contributed by atoms with E-state index < -0.39 is 0 Å². The molecule has 0 radical (unpaired) electrons. The Labute approximate surface area is 102 Å². The summed E-state index contributed by atoms with van der Waals surface area (Å²) in [5.41, 5.74) is 1.20. The third-order valence-electron chi connectivity index (χ3n) is 3.56. The first-order valence-electron chi connectivity index (χ1n) is 6.07. The quantitative estimate of drug-likeness (QED) is 0.773. The number of aromatic hydroxyl groups is 1. The van der Waals surface area contributed by atoms with Crippen molar-refractivity contribution in [1.29, 1.82) is 0 Å². The van der Waals surface area contributed by atoms with Crippen LogP contribution in [0.5, 0.6) is 5.75 Å². The zero-order valence-electron chi connectivity index (χ0n) is 9.70. The standard InChI is InChI=1S/C14H19ClO/c1-10-5-6-14(15)12(7-10)8-11-3-2-4-13(16)9-11/h2-4,9-10,12,14,16H,5-8H2,1H3. The highest BCUT2D eigenvalue weighted by atomic mass is 35.5. The van der Waals surface area contributed by atoms with Gasteiger partial charge in [0.05, 0.1) is 0 Å². The fraction of sp³-hybridized carbons (Fsp3) is 0.571. The van der Waals surface area contributed by atoms with E-state index in [-0.39, 0.29) is 0 Å².